The predicted octanol–water partition coefficient (Wildman–Crippen LogP) is 3.09. The zero-order valence-corrected chi connectivity index (χ0v) is 14.4. The molecule has 2 amide bonds. The van der Waals surface area contributed by atoms with Crippen LogP contribution in [0.3, 0.4) is 0 Å². The predicted molar refractivity (Wildman–Crippen MR) is 95.3 cm³/mol. The molecule has 0 bridgehead atoms. The summed E-state index contributed by atoms with van der Waals surface area (Å²) in [6.07, 6.45) is -0.328. The number of rotatable bonds is 3. The van der Waals surface area contributed by atoms with E-state index in [0.717, 1.165) is 11.1 Å². The Kier molecular flexibility index (Phi) is 5.33. The highest BCUT2D eigenvalue weighted by atomic mass is 16.6. The third-order valence-electron chi connectivity index (χ3n) is 4.33. The van der Waals surface area contributed by atoms with Crippen LogP contribution in [0.25, 0.3) is 0 Å². The van der Waals surface area contributed by atoms with Crippen molar-refractivity contribution in [2.45, 2.75) is 13.5 Å². The Bertz CT molecular complexity index is 720. The molecule has 3 rings (SSSR count). The van der Waals surface area contributed by atoms with Crippen molar-refractivity contribution in [2.24, 2.45) is 0 Å². The fourth-order valence-corrected chi connectivity index (χ4v) is 2.78. The van der Waals surface area contributed by atoms with E-state index >= 15 is 0 Å². The van der Waals surface area contributed by atoms with Crippen LogP contribution < -0.4 is 0 Å². The molecule has 2 aromatic carbocycles. The summed E-state index contributed by atoms with van der Waals surface area (Å²) in [5, 5.41) is 0. The fourth-order valence-electron chi connectivity index (χ4n) is 2.78. The third kappa shape index (κ3) is 4.38. The molecule has 1 aliphatic rings. The van der Waals surface area contributed by atoms with E-state index in [1.807, 2.05) is 61.5 Å². The molecule has 0 radical (unpaired) electrons. The minimum Gasteiger partial charge on any atom is -0.445 e. The minimum absolute atomic E-state index is 0.0114. The second-order valence-corrected chi connectivity index (χ2v) is 6.19. The molecule has 0 N–H and O–H groups in total. The first-order valence-electron chi connectivity index (χ1n) is 8.45. The van der Waals surface area contributed by atoms with Gasteiger partial charge in [-0.2, -0.15) is 0 Å². The van der Waals surface area contributed by atoms with E-state index in [4.69, 9.17) is 4.74 Å². The SMILES string of the molecule is Cc1ccc(C(=O)N2CCN(C(=O)OCc3ccccc3)CC2)cc1. The summed E-state index contributed by atoms with van der Waals surface area (Å²) in [6.45, 7) is 4.28. The van der Waals surface area contributed by atoms with Crippen LogP contribution in [0.1, 0.15) is 21.5 Å². The van der Waals surface area contributed by atoms with Gasteiger partial charge in [-0.15, -0.1) is 0 Å². The number of amides is 2. The average molecular weight is 338 g/mol. The van der Waals surface area contributed by atoms with Crippen LogP contribution in [0.2, 0.25) is 0 Å². The Hall–Kier alpha value is -2.82. The van der Waals surface area contributed by atoms with Gasteiger partial charge >= 0.3 is 6.09 Å². The number of ether oxygens (including phenoxy) is 1. The van der Waals surface area contributed by atoms with Gasteiger partial charge in [0.2, 0.25) is 0 Å². The number of aryl methyl sites for hydroxylation is 1. The maximum Gasteiger partial charge on any atom is 0.410 e. The fraction of sp³-hybridized carbons (Fsp3) is 0.300. The lowest BCUT2D eigenvalue weighted by atomic mass is 10.1. The summed E-state index contributed by atoms with van der Waals surface area (Å²) in [4.78, 5) is 28.1. The Morgan fingerprint density at radius 3 is 2.12 bits per heavy atom. The first-order chi connectivity index (χ1) is 12.1. The molecule has 1 heterocycles. The molecule has 5 heteroatoms. The van der Waals surface area contributed by atoms with Gasteiger partial charge in [-0.1, -0.05) is 48.0 Å². The first kappa shape index (κ1) is 17.0. The Balaban J connectivity index is 1.48. The van der Waals surface area contributed by atoms with Crippen LogP contribution in [0.15, 0.2) is 54.6 Å². The summed E-state index contributed by atoms with van der Waals surface area (Å²) < 4.78 is 5.34. The summed E-state index contributed by atoms with van der Waals surface area (Å²) in [5.74, 6) is 0.0114. The molecular weight excluding hydrogens is 316 g/mol. The highest BCUT2D eigenvalue weighted by Gasteiger charge is 2.25. The highest BCUT2D eigenvalue weighted by Crippen LogP contribution is 2.11. The number of benzene rings is 2. The highest BCUT2D eigenvalue weighted by molar-refractivity contribution is 5.94. The molecule has 130 valence electrons. The smallest absolute Gasteiger partial charge is 0.410 e. The van der Waals surface area contributed by atoms with Crippen LogP contribution in [0, 0.1) is 6.92 Å². The van der Waals surface area contributed by atoms with Crippen LogP contribution in [0.4, 0.5) is 4.79 Å². The summed E-state index contributed by atoms with van der Waals surface area (Å²) in [6, 6.07) is 17.2. The number of hydrogen-bond acceptors (Lipinski definition) is 3. The van der Waals surface area contributed by atoms with Gasteiger partial charge < -0.3 is 14.5 Å². The number of carbonyl (C=O) groups excluding carboxylic acids is 2. The van der Waals surface area contributed by atoms with E-state index in [2.05, 4.69) is 0 Å². The van der Waals surface area contributed by atoms with Gasteiger partial charge in [-0.3, -0.25) is 4.79 Å². The van der Waals surface area contributed by atoms with Gasteiger partial charge in [0.1, 0.15) is 6.61 Å². The summed E-state index contributed by atoms with van der Waals surface area (Å²) in [7, 11) is 0. The molecule has 0 unspecified atom stereocenters. The van der Waals surface area contributed by atoms with Gasteiger partial charge in [0.05, 0.1) is 0 Å². The van der Waals surface area contributed by atoms with Gasteiger partial charge in [-0.25, -0.2) is 4.79 Å². The number of piperazine rings is 1. The Morgan fingerprint density at radius 1 is 0.880 bits per heavy atom. The quantitative estimate of drug-likeness (QED) is 0.864. The zero-order valence-electron chi connectivity index (χ0n) is 14.4. The molecule has 0 aromatic heterocycles. The van der Waals surface area contributed by atoms with Crippen molar-refractivity contribution in [3.8, 4) is 0 Å². The molecule has 1 saturated heterocycles. The van der Waals surface area contributed by atoms with Crippen LogP contribution in [-0.2, 0) is 11.3 Å². The topological polar surface area (TPSA) is 49.9 Å². The summed E-state index contributed by atoms with van der Waals surface area (Å²) >= 11 is 0. The molecule has 0 spiro atoms. The lowest BCUT2D eigenvalue weighted by Crippen LogP contribution is -2.50. The second kappa shape index (κ2) is 7.83. The first-order valence-corrected chi connectivity index (χ1v) is 8.45. The maximum absolute atomic E-state index is 12.5. The minimum atomic E-state index is -0.328. The molecular formula is C20H22N2O3. The van der Waals surface area contributed by atoms with Gasteiger partial charge in [0.15, 0.2) is 0 Å². The third-order valence-corrected chi connectivity index (χ3v) is 4.33. The molecule has 0 aliphatic carbocycles. The molecule has 0 atom stereocenters. The van der Waals surface area contributed by atoms with Crippen LogP contribution in [-0.4, -0.2) is 48.0 Å². The van der Waals surface area contributed by atoms with Crippen molar-refractivity contribution in [3.05, 3.63) is 71.3 Å². The molecule has 1 aliphatic heterocycles. The monoisotopic (exact) mass is 338 g/mol. The van der Waals surface area contributed by atoms with Gasteiger partial charge in [0, 0.05) is 31.7 Å². The number of hydrogen-bond donors (Lipinski definition) is 0. The second-order valence-electron chi connectivity index (χ2n) is 6.19. The van der Waals surface area contributed by atoms with Crippen LogP contribution >= 0.6 is 0 Å². The zero-order chi connectivity index (χ0) is 17.6. The summed E-state index contributed by atoms with van der Waals surface area (Å²) in [5.41, 5.74) is 2.78. The standard InChI is InChI=1S/C20H22N2O3/c1-16-7-9-18(10-8-16)19(23)21-11-13-22(14-12-21)20(24)25-15-17-5-3-2-4-6-17/h2-10H,11-15H2,1H3. The maximum atomic E-state index is 12.5. The molecule has 25 heavy (non-hydrogen) atoms. The molecule has 5 nitrogen and oxygen atoms in total. The normalized spacial score (nSPS) is 14.3. The van der Waals surface area contributed by atoms with Crippen molar-refractivity contribution in [1.82, 2.24) is 9.80 Å². The van der Waals surface area contributed by atoms with Crippen molar-refractivity contribution in [1.29, 1.82) is 0 Å². The largest absolute Gasteiger partial charge is 0.445 e. The van der Waals surface area contributed by atoms with E-state index in [-0.39, 0.29) is 18.6 Å². The van der Waals surface area contributed by atoms with E-state index < -0.39 is 0 Å². The van der Waals surface area contributed by atoms with E-state index in [1.54, 1.807) is 9.80 Å². The number of nitrogens with zero attached hydrogens (tertiary/aromatic N) is 2. The molecule has 0 saturated carbocycles. The van der Waals surface area contributed by atoms with Crippen molar-refractivity contribution in [3.63, 3.8) is 0 Å². The molecule has 1 fully saturated rings. The lowest BCUT2D eigenvalue weighted by Gasteiger charge is -2.34. The van der Waals surface area contributed by atoms with Gasteiger partial charge in [0.25, 0.3) is 5.91 Å². The van der Waals surface area contributed by atoms with E-state index in [1.165, 1.54) is 0 Å². The lowest BCUT2D eigenvalue weighted by molar-refractivity contribution is 0.0544. The van der Waals surface area contributed by atoms with Crippen molar-refractivity contribution < 1.29 is 14.3 Å². The van der Waals surface area contributed by atoms with Gasteiger partial charge in [-0.05, 0) is 24.6 Å². The van der Waals surface area contributed by atoms with Crippen LogP contribution in [0.5, 0.6) is 0 Å². The van der Waals surface area contributed by atoms with E-state index in [9.17, 15) is 9.59 Å². The molecule has 2 aromatic rings. The Morgan fingerprint density at radius 2 is 1.48 bits per heavy atom. The average Bonchev–Trinajstić information content (AvgIpc) is 2.67. The van der Waals surface area contributed by atoms with E-state index in [0.29, 0.717) is 31.7 Å². The number of carbonyl (C=O) groups is 2. The van der Waals surface area contributed by atoms with Crippen molar-refractivity contribution >= 4 is 12.0 Å². The Labute approximate surface area is 147 Å². The van der Waals surface area contributed by atoms with Crippen molar-refractivity contribution in [2.75, 3.05) is 26.2 Å².